The first-order valence-electron chi connectivity index (χ1n) is 23.8. The van der Waals surface area contributed by atoms with Gasteiger partial charge in [0.05, 0.1) is 53.9 Å². The van der Waals surface area contributed by atoms with Crippen molar-refractivity contribution in [3.63, 3.8) is 0 Å². The molecule has 7 rings (SSSR count). The van der Waals surface area contributed by atoms with Gasteiger partial charge in [0.1, 0.15) is 18.1 Å². The van der Waals surface area contributed by atoms with E-state index in [9.17, 15) is 24.0 Å². The molecule has 4 aromatic rings. The zero-order valence-electron chi connectivity index (χ0n) is 41.1. The summed E-state index contributed by atoms with van der Waals surface area (Å²) in [5.74, 6) is -2.71. The number of esters is 1. The lowest BCUT2D eigenvalue weighted by atomic mass is 9.84. The summed E-state index contributed by atoms with van der Waals surface area (Å²) in [5, 5.41) is 8.06. The topological polar surface area (TPSA) is 187 Å². The van der Waals surface area contributed by atoms with E-state index in [1.165, 1.54) is 26.1 Å². The van der Waals surface area contributed by atoms with Crippen LogP contribution in [0.1, 0.15) is 90.1 Å². The van der Waals surface area contributed by atoms with Crippen molar-refractivity contribution < 1.29 is 42.9 Å². The second-order valence-electron chi connectivity index (χ2n) is 19.4. The Kier molecular flexibility index (Phi) is 15.9. The third-order valence-corrected chi connectivity index (χ3v) is 14.2. The SMILES string of the molecule is CC[C@@H](CN(C)C(=O)OC1COC1)C(=O)N(C)[C@H](C(=O)N[C@H]1Cc2nc(cs2)-c2ccc3c(c2)c(c(-c2cccnc2[C@H](C)OC)n3CC)CC(C)(C)COC(=O)[C@@H]2CCCN(N2)C1=O)C(C)C. The Balaban J connectivity index is 1.23. The summed E-state index contributed by atoms with van der Waals surface area (Å²) in [5.41, 5.74) is 9.20. The second-order valence-corrected chi connectivity index (χ2v) is 20.4. The van der Waals surface area contributed by atoms with Crippen molar-refractivity contribution in [2.24, 2.45) is 17.3 Å². The van der Waals surface area contributed by atoms with Crippen LogP contribution in [0.5, 0.6) is 0 Å². The quantitative estimate of drug-likeness (QED) is 0.145. The highest BCUT2D eigenvalue weighted by atomic mass is 32.1. The minimum atomic E-state index is -1.11. The molecule has 6 bridgehead atoms. The van der Waals surface area contributed by atoms with Crippen LogP contribution in [0.15, 0.2) is 41.9 Å². The van der Waals surface area contributed by atoms with Gasteiger partial charge in [-0.25, -0.2) is 15.2 Å². The monoisotopic (exact) mass is 956 g/mol. The molecule has 6 heterocycles. The van der Waals surface area contributed by atoms with E-state index in [0.29, 0.717) is 57.0 Å². The van der Waals surface area contributed by atoms with Crippen molar-refractivity contribution in [3.05, 3.63) is 58.2 Å². The van der Waals surface area contributed by atoms with Gasteiger partial charge in [-0.15, -0.1) is 11.3 Å². The maximum absolute atomic E-state index is 14.7. The van der Waals surface area contributed by atoms with Gasteiger partial charge in [0.25, 0.3) is 5.91 Å². The summed E-state index contributed by atoms with van der Waals surface area (Å²) in [6.45, 7) is 15.7. The van der Waals surface area contributed by atoms with Gasteiger partial charge in [-0.05, 0) is 75.3 Å². The molecule has 17 nitrogen and oxygen atoms in total. The van der Waals surface area contributed by atoms with Gasteiger partial charge in [0.2, 0.25) is 11.8 Å². The van der Waals surface area contributed by atoms with E-state index in [-0.39, 0.29) is 43.6 Å². The van der Waals surface area contributed by atoms with E-state index in [1.54, 1.807) is 27.4 Å². The molecule has 18 heteroatoms. The molecule has 3 aliphatic rings. The van der Waals surface area contributed by atoms with Gasteiger partial charge in [0.15, 0.2) is 6.10 Å². The number of likely N-dealkylation sites (N-methyl/N-ethyl adjacent to an activating group) is 1. The first kappa shape index (κ1) is 50.4. The molecule has 0 radical (unpaired) electrons. The van der Waals surface area contributed by atoms with E-state index in [0.717, 1.165) is 44.7 Å². The number of hydrogen-bond acceptors (Lipinski definition) is 13. The molecule has 2 fully saturated rings. The summed E-state index contributed by atoms with van der Waals surface area (Å²) in [4.78, 5) is 82.7. The summed E-state index contributed by atoms with van der Waals surface area (Å²) in [6.07, 6.45) is 2.68. The highest BCUT2D eigenvalue weighted by Crippen LogP contribution is 2.42. The van der Waals surface area contributed by atoms with Crippen LogP contribution in [0.2, 0.25) is 0 Å². The number of amides is 4. The van der Waals surface area contributed by atoms with Gasteiger partial charge in [-0.1, -0.05) is 40.7 Å². The number of aryl methyl sites for hydroxylation is 1. The molecule has 2 N–H and O–H groups in total. The van der Waals surface area contributed by atoms with E-state index < -0.39 is 53.3 Å². The van der Waals surface area contributed by atoms with E-state index >= 15 is 0 Å². The number of pyridine rings is 1. The van der Waals surface area contributed by atoms with Gasteiger partial charge < -0.3 is 38.6 Å². The van der Waals surface area contributed by atoms with Crippen LogP contribution >= 0.6 is 11.3 Å². The van der Waals surface area contributed by atoms with Crippen molar-refractivity contribution in [1.82, 2.24) is 40.1 Å². The summed E-state index contributed by atoms with van der Waals surface area (Å²) >= 11 is 1.40. The molecule has 0 spiro atoms. The largest absolute Gasteiger partial charge is 0.464 e. The first-order chi connectivity index (χ1) is 32.4. The minimum absolute atomic E-state index is 0.0566. The van der Waals surface area contributed by atoms with Crippen molar-refractivity contribution in [1.29, 1.82) is 0 Å². The number of cyclic esters (lactones) is 1. The predicted octanol–water partition coefficient (Wildman–Crippen LogP) is 6.18. The number of methoxy groups -OCH3 is 1. The molecule has 0 unspecified atom stereocenters. The molecule has 3 aliphatic heterocycles. The predicted molar refractivity (Wildman–Crippen MR) is 258 cm³/mol. The van der Waals surface area contributed by atoms with Crippen LogP contribution in [-0.2, 0) is 57.5 Å². The summed E-state index contributed by atoms with van der Waals surface area (Å²) in [6, 6.07) is 7.51. The van der Waals surface area contributed by atoms with Crippen LogP contribution in [0.4, 0.5) is 4.79 Å². The number of fused-ring (bicyclic) bond motifs is 6. The first-order valence-corrected chi connectivity index (χ1v) is 24.7. The summed E-state index contributed by atoms with van der Waals surface area (Å²) < 4.78 is 24.8. The number of aromatic nitrogens is 3. The Morgan fingerprint density at radius 3 is 2.54 bits per heavy atom. The Labute approximate surface area is 403 Å². The lowest BCUT2D eigenvalue weighted by Crippen LogP contribution is -2.62. The van der Waals surface area contributed by atoms with Crippen LogP contribution in [-0.4, -0.2) is 137 Å². The standard InChI is InChI=1S/C50H68N8O9S/c1-11-31(24-55(8)49(63)67-33-25-65-26-33)46(60)56(9)43(29(3)4)45(59)53-38-22-41-52-39(27-68-41)32-17-18-40-35(21-32)36(44(57(40)12-2)34-15-13-19-51-42(34)30(5)64-10)23-50(6,7)28-66-48(62)37-16-14-20-58(54-37)47(38)61/h13,15,17-19,21,27,29-31,33,37-38,43,54H,11-12,14,16,20,22-26,28H2,1-10H3,(H,53,59)/t30-,31-,37-,38-,43-/m0/s1. The number of nitrogens with zero attached hydrogens (tertiary/aromatic N) is 6. The Morgan fingerprint density at radius 2 is 1.87 bits per heavy atom. The molecule has 4 amide bonds. The Morgan fingerprint density at radius 1 is 1.10 bits per heavy atom. The average Bonchev–Trinajstić information content (AvgIpc) is 3.91. The lowest BCUT2D eigenvalue weighted by molar-refractivity contribution is -0.155. The average molecular weight is 957 g/mol. The second kappa shape index (κ2) is 21.5. The zero-order chi connectivity index (χ0) is 49.0. The maximum Gasteiger partial charge on any atom is 0.409 e. The molecular formula is C50H68N8O9S. The highest BCUT2D eigenvalue weighted by Gasteiger charge is 2.39. The fourth-order valence-electron chi connectivity index (χ4n) is 9.47. The molecule has 2 saturated heterocycles. The van der Waals surface area contributed by atoms with Crippen molar-refractivity contribution in [2.75, 3.05) is 54.1 Å². The number of rotatable bonds is 13. The molecule has 5 atom stereocenters. The van der Waals surface area contributed by atoms with E-state index in [4.69, 9.17) is 28.9 Å². The zero-order valence-corrected chi connectivity index (χ0v) is 41.9. The third kappa shape index (κ3) is 10.9. The van der Waals surface area contributed by atoms with Crippen LogP contribution in [0, 0.1) is 17.3 Å². The normalized spacial score (nSPS) is 20.2. The van der Waals surface area contributed by atoms with Crippen molar-refractivity contribution in [3.8, 4) is 22.5 Å². The summed E-state index contributed by atoms with van der Waals surface area (Å²) in [7, 11) is 4.84. The van der Waals surface area contributed by atoms with E-state index in [1.807, 2.05) is 39.1 Å². The van der Waals surface area contributed by atoms with Gasteiger partial charge >= 0.3 is 12.1 Å². The lowest BCUT2D eigenvalue weighted by Gasteiger charge is -2.37. The number of nitrogens with one attached hydrogen (secondary N) is 2. The molecular weight excluding hydrogens is 889 g/mol. The third-order valence-electron chi connectivity index (χ3n) is 13.3. The number of carbonyl (C=O) groups excluding carboxylic acids is 5. The van der Waals surface area contributed by atoms with Crippen LogP contribution in [0.3, 0.4) is 0 Å². The van der Waals surface area contributed by atoms with Gasteiger partial charge in [0, 0.05) is 86.3 Å². The molecule has 0 saturated carbocycles. The Hall–Kier alpha value is -5.43. The van der Waals surface area contributed by atoms with Crippen LogP contribution in [0.25, 0.3) is 33.4 Å². The number of carbonyl (C=O) groups is 5. The fourth-order valence-corrected chi connectivity index (χ4v) is 10.3. The molecule has 68 heavy (non-hydrogen) atoms. The number of benzene rings is 1. The number of thiazole rings is 1. The van der Waals surface area contributed by atoms with Crippen molar-refractivity contribution in [2.45, 2.75) is 117 Å². The van der Waals surface area contributed by atoms with Gasteiger partial charge in [-0.3, -0.25) is 29.2 Å². The maximum atomic E-state index is 14.7. The molecule has 0 aliphatic carbocycles. The van der Waals surface area contributed by atoms with Crippen LogP contribution < -0.4 is 10.7 Å². The molecule has 1 aromatic carbocycles. The molecule has 3 aromatic heterocycles. The number of ether oxygens (including phenoxy) is 4. The number of hydrazine groups is 1. The van der Waals surface area contributed by atoms with E-state index in [2.05, 4.69) is 60.3 Å². The molecule has 368 valence electrons. The number of hydrogen-bond donors (Lipinski definition) is 2. The van der Waals surface area contributed by atoms with Crippen molar-refractivity contribution >= 4 is 52.0 Å². The minimum Gasteiger partial charge on any atom is -0.464 e. The fraction of sp³-hybridized carbons (Fsp3) is 0.580. The Bertz CT molecular complexity index is 2480. The smallest absolute Gasteiger partial charge is 0.409 e. The van der Waals surface area contributed by atoms with Gasteiger partial charge in [-0.2, -0.15) is 0 Å². The highest BCUT2D eigenvalue weighted by molar-refractivity contribution is 7.10.